The number of anilines is 3. The topological polar surface area (TPSA) is 62.3 Å². The van der Waals surface area contributed by atoms with Crippen LogP contribution in [0.4, 0.5) is 29.7 Å². The van der Waals surface area contributed by atoms with Crippen LogP contribution < -0.4 is 10.2 Å². The summed E-state index contributed by atoms with van der Waals surface area (Å²) < 4.78 is 39.1. The summed E-state index contributed by atoms with van der Waals surface area (Å²) in [5, 5.41) is 4.52. The molecule has 3 aromatic rings. The first kappa shape index (κ1) is 22.2. The van der Waals surface area contributed by atoms with Crippen LogP contribution in [0.25, 0.3) is 6.08 Å². The third kappa shape index (κ3) is 5.79. The van der Waals surface area contributed by atoms with Gasteiger partial charge in [0.25, 0.3) is 0 Å². The molecule has 0 unspecified atom stereocenters. The molecule has 0 saturated heterocycles. The van der Waals surface area contributed by atoms with Crippen LogP contribution in [0, 0.1) is 6.92 Å². The average molecular weight is 445 g/mol. The molecule has 0 fully saturated rings. The highest BCUT2D eigenvalue weighted by molar-refractivity contribution is 7.14. The lowest BCUT2D eigenvalue weighted by Gasteiger charge is -2.19. The summed E-state index contributed by atoms with van der Waals surface area (Å²) >= 11 is 1.08. The predicted molar refractivity (Wildman–Crippen MR) is 115 cm³/mol. The molecular formula is C22H18F3N3O2S. The molecule has 1 heterocycles. The maximum Gasteiger partial charge on any atom is 0.416 e. The van der Waals surface area contributed by atoms with Gasteiger partial charge in [0, 0.05) is 24.1 Å². The van der Waals surface area contributed by atoms with Gasteiger partial charge in [0.1, 0.15) is 0 Å². The van der Waals surface area contributed by atoms with E-state index in [1.54, 1.807) is 17.5 Å². The Hall–Kier alpha value is -3.46. The van der Waals surface area contributed by atoms with E-state index in [0.29, 0.717) is 11.4 Å². The number of aryl methyl sites for hydroxylation is 1. The molecule has 0 atom stereocenters. The summed E-state index contributed by atoms with van der Waals surface area (Å²) in [4.78, 5) is 29.6. The standard InChI is InChI=1S/C22H18F3N3O2S/c1-14-6-8-17(9-7-14)26-20(30)11-10-18-13-31-21(27-18)28(15(2)29)19-5-3-4-16(12-19)22(23,24)25/h3-13H,1-2H3,(H,26,30). The van der Waals surface area contributed by atoms with Crippen molar-refractivity contribution < 1.29 is 22.8 Å². The van der Waals surface area contributed by atoms with E-state index in [1.165, 1.54) is 31.2 Å². The predicted octanol–water partition coefficient (Wildman–Crippen LogP) is 5.81. The minimum atomic E-state index is -4.53. The average Bonchev–Trinajstić information content (AvgIpc) is 3.16. The second-order valence-corrected chi connectivity index (χ2v) is 7.48. The van der Waals surface area contributed by atoms with Crippen molar-refractivity contribution in [3.63, 3.8) is 0 Å². The summed E-state index contributed by atoms with van der Waals surface area (Å²) in [6, 6.07) is 11.8. The summed E-state index contributed by atoms with van der Waals surface area (Å²) in [5.74, 6) is -0.846. The van der Waals surface area contributed by atoms with Crippen molar-refractivity contribution in [1.29, 1.82) is 0 Å². The first-order valence-corrected chi connectivity index (χ1v) is 10.0. The quantitative estimate of drug-likeness (QED) is 0.505. The van der Waals surface area contributed by atoms with E-state index >= 15 is 0 Å². The van der Waals surface area contributed by atoms with E-state index in [0.717, 1.165) is 33.9 Å². The van der Waals surface area contributed by atoms with E-state index < -0.39 is 17.6 Å². The summed E-state index contributed by atoms with van der Waals surface area (Å²) in [6.07, 6.45) is -1.77. The minimum absolute atomic E-state index is 0.0596. The lowest BCUT2D eigenvalue weighted by atomic mass is 10.2. The molecule has 5 nitrogen and oxygen atoms in total. The summed E-state index contributed by atoms with van der Waals surface area (Å²) in [5.41, 5.74) is 1.31. The monoisotopic (exact) mass is 445 g/mol. The number of alkyl halides is 3. The molecule has 160 valence electrons. The lowest BCUT2D eigenvalue weighted by molar-refractivity contribution is -0.137. The van der Waals surface area contributed by atoms with Crippen LogP contribution in [-0.4, -0.2) is 16.8 Å². The molecular weight excluding hydrogens is 427 g/mol. The first-order valence-electron chi connectivity index (χ1n) is 9.13. The fourth-order valence-electron chi connectivity index (χ4n) is 2.69. The van der Waals surface area contributed by atoms with Crippen molar-refractivity contribution in [2.24, 2.45) is 0 Å². The van der Waals surface area contributed by atoms with E-state index in [2.05, 4.69) is 10.3 Å². The van der Waals surface area contributed by atoms with Gasteiger partial charge in [-0.1, -0.05) is 23.8 Å². The number of carbonyl (C=O) groups is 2. The number of amides is 2. The second-order valence-electron chi connectivity index (χ2n) is 6.65. The molecule has 0 aliphatic carbocycles. The molecule has 9 heteroatoms. The SMILES string of the molecule is CC(=O)N(c1cccc(C(F)(F)F)c1)c1nc(C=CC(=O)Nc2ccc(C)cc2)cs1. The Bertz CT molecular complexity index is 1120. The molecule has 2 amide bonds. The van der Waals surface area contributed by atoms with Gasteiger partial charge in [0.15, 0.2) is 5.13 Å². The smallest absolute Gasteiger partial charge is 0.323 e. The highest BCUT2D eigenvalue weighted by Crippen LogP contribution is 2.35. The molecule has 0 bridgehead atoms. The second kappa shape index (κ2) is 9.13. The highest BCUT2D eigenvalue weighted by Gasteiger charge is 2.31. The van der Waals surface area contributed by atoms with E-state index in [-0.39, 0.29) is 16.7 Å². The number of halogens is 3. The number of hydrogen-bond acceptors (Lipinski definition) is 4. The number of rotatable bonds is 5. The maximum absolute atomic E-state index is 13.0. The molecule has 0 aliphatic heterocycles. The van der Waals surface area contributed by atoms with Crippen LogP contribution in [0.15, 0.2) is 60.0 Å². The van der Waals surface area contributed by atoms with Gasteiger partial charge < -0.3 is 5.32 Å². The number of nitrogens with one attached hydrogen (secondary N) is 1. The molecule has 0 saturated carbocycles. The number of carbonyl (C=O) groups excluding carboxylic acids is 2. The van der Waals surface area contributed by atoms with Gasteiger partial charge >= 0.3 is 6.18 Å². The molecule has 31 heavy (non-hydrogen) atoms. The summed E-state index contributed by atoms with van der Waals surface area (Å²) in [6.45, 7) is 3.18. The van der Waals surface area contributed by atoms with E-state index in [4.69, 9.17) is 0 Å². The minimum Gasteiger partial charge on any atom is -0.323 e. The van der Waals surface area contributed by atoms with Gasteiger partial charge in [-0.2, -0.15) is 13.2 Å². The number of thiazole rings is 1. The van der Waals surface area contributed by atoms with Crippen molar-refractivity contribution in [3.8, 4) is 0 Å². The normalized spacial score (nSPS) is 11.5. The van der Waals surface area contributed by atoms with Gasteiger partial charge in [-0.25, -0.2) is 4.98 Å². The summed E-state index contributed by atoms with van der Waals surface area (Å²) in [7, 11) is 0. The van der Waals surface area contributed by atoms with Crippen molar-refractivity contribution >= 4 is 45.7 Å². The molecule has 0 aliphatic rings. The molecule has 1 aromatic heterocycles. The molecule has 2 aromatic carbocycles. The zero-order chi connectivity index (χ0) is 22.6. The van der Waals surface area contributed by atoms with Crippen LogP contribution >= 0.6 is 11.3 Å². The van der Waals surface area contributed by atoms with Crippen molar-refractivity contribution in [3.05, 3.63) is 76.8 Å². The number of benzene rings is 2. The Balaban J connectivity index is 1.77. The zero-order valence-electron chi connectivity index (χ0n) is 16.6. The van der Waals surface area contributed by atoms with Gasteiger partial charge in [-0.3, -0.25) is 14.5 Å². The molecule has 3 rings (SSSR count). The van der Waals surface area contributed by atoms with Crippen LogP contribution in [0.1, 0.15) is 23.7 Å². The third-order valence-corrected chi connectivity index (χ3v) is 5.02. The third-order valence-electron chi connectivity index (χ3n) is 4.17. The van der Waals surface area contributed by atoms with Crippen LogP contribution in [-0.2, 0) is 15.8 Å². The largest absolute Gasteiger partial charge is 0.416 e. The Kier molecular flexibility index (Phi) is 6.55. The van der Waals surface area contributed by atoms with Crippen LogP contribution in [0.2, 0.25) is 0 Å². The Morgan fingerprint density at radius 2 is 1.84 bits per heavy atom. The van der Waals surface area contributed by atoms with Gasteiger partial charge in [0.05, 0.1) is 16.9 Å². The van der Waals surface area contributed by atoms with Crippen molar-refractivity contribution in [1.82, 2.24) is 4.98 Å². The van der Waals surface area contributed by atoms with Gasteiger partial charge in [-0.05, 0) is 43.3 Å². The van der Waals surface area contributed by atoms with Gasteiger partial charge in [0.2, 0.25) is 11.8 Å². The maximum atomic E-state index is 13.0. The van der Waals surface area contributed by atoms with Crippen LogP contribution in [0.5, 0.6) is 0 Å². The van der Waals surface area contributed by atoms with E-state index in [9.17, 15) is 22.8 Å². The molecule has 0 spiro atoms. The number of nitrogens with zero attached hydrogens (tertiary/aromatic N) is 2. The Morgan fingerprint density at radius 3 is 2.48 bits per heavy atom. The fourth-order valence-corrected chi connectivity index (χ4v) is 3.54. The van der Waals surface area contributed by atoms with Gasteiger partial charge in [-0.15, -0.1) is 11.3 Å². The Morgan fingerprint density at radius 1 is 1.13 bits per heavy atom. The highest BCUT2D eigenvalue weighted by atomic mass is 32.1. The lowest BCUT2D eigenvalue weighted by Crippen LogP contribution is -2.23. The van der Waals surface area contributed by atoms with E-state index in [1.807, 2.05) is 19.1 Å². The van der Waals surface area contributed by atoms with Crippen molar-refractivity contribution in [2.45, 2.75) is 20.0 Å². The number of hydrogen-bond donors (Lipinski definition) is 1. The molecule has 0 radical (unpaired) electrons. The molecule has 1 N–H and O–H groups in total. The number of aromatic nitrogens is 1. The fraction of sp³-hybridized carbons (Fsp3) is 0.136. The van der Waals surface area contributed by atoms with Crippen LogP contribution in [0.3, 0.4) is 0 Å². The Labute approximate surface area is 180 Å². The van der Waals surface area contributed by atoms with Crippen molar-refractivity contribution in [2.75, 3.05) is 10.2 Å². The zero-order valence-corrected chi connectivity index (χ0v) is 17.4. The first-order chi connectivity index (χ1) is 14.6.